The van der Waals surface area contributed by atoms with Gasteiger partial charge in [0.15, 0.2) is 0 Å². The summed E-state index contributed by atoms with van der Waals surface area (Å²) < 4.78 is 5.77. The van der Waals surface area contributed by atoms with Gasteiger partial charge in [0.05, 0.1) is 12.0 Å². The highest BCUT2D eigenvalue weighted by Gasteiger charge is 2.22. The Balaban J connectivity index is 2.72. The summed E-state index contributed by atoms with van der Waals surface area (Å²) in [5, 5.41) is 11.6. The van der Waals surface area contributed by atoms with Crippen LogP contribution in [0.4, 0.5) is 0 Å². The SMILES string of the molecule is CCCCC(NC(=O)c1cc(OC)c(Br)s1)C(=O)O. The summed E-state index contributed by atoms with van der Waals surface area (Å²) in [6.45, 7) is 1.97. The largest absolute Gasteiger partial charge is 0.495 e. The van der Waals surface area contributed by atoms with Crippen LogP contribution in [0.1, 0.15) is 35.9 Å². The molecule has 0 aliphatic rings. The second kappa shape index (κ2) is 7.49. The van der Waals surface area contributed by atoms with Crippen molar-refractivity contribution in [3.8, 4) is 5.75 Å². The second-order valence-corrected chi connectivity index (χ2v) is 6.33. The monoisotopic (exact) mass is 349 g/mol. The first-order valence-electron chi connectivity index (χ1n) is 5.86. The van der Waals surface area contributed by atoms with E-state index in [1.807, 2.05) is 6.92 Å². The predicted molar refractivity (Wildman–Crippen MR) is 77.0 cm³/mol. The Bertz CT molecular complexity index is 461. The van der Waals surface area contributed by atoms with Crippen LogP contribution in [-0.2, 0) is 4.79 Å². The van der Waals surface area contributed by atoms with Crippen LogP contribution in [0, 0.1) is 0 Å². The van der Waals surface area contributed by atoms with Gasteiger partial charge >= 0.3 is 5.97 Å². The summed E-state index contributed by atoms with van der Waals surface area (Å²) in [5.74, 6) is -0.836. The van der Waals surface area contributed by atoms with E-state index in [9.17, 15) is 9.59 Å². The molecule has 0 fully saturated rings. The molecule has 0 spiro atoms. The van der Waals surface area contributed by atoms with Gasteiger partial charge < -0.3 is 15.2 Å². The molecule has 1 unspecified atom stereocenters. The van der Waals surface area contributed by atoms with Crippen LogP contribution in [0.2, 0.25) is 0 Å². The van der Waals surface area contributed by atoms with Crippen molar-refractivity contribution in [2.45, 2.75) is 32.2 Å². The number of aliphatic carboxylic acids is 1. The molecule has 0 aliphatic heterocycles. The van der Waals surface area contributed by atoms with Crippen LogP contribution in [0.25, 0.3) is 0 Å². The third-order valence-electron chi connectivity index (χ3n) is 2.55. The van der Waals surface area contributed by atoms with E-state index in [-0.39, 0.29) is 0 Å². The molecule has 0 saturated heterocycles. The van der Waals surface area contributed by atoms with Crippen LogP contribution in [0.15, 0.2) is 9.85 Å². The van der Waals surface area contributed by atoms with Crippen molar-refractivity contribution in [1.82, 2.24) is 5.32 Å². The fraction of sp³-hybridized carbons (Fsp3) is 0.500. The first-order valence-corrected chi connectivity index (χ1v) is 7.47. The van der Waals surface area contributed by atoms with E-state index in [2.05, 4.69) is 21.2 Å². The number of halogens is 1. The van der Waals surface area contributed by atoms with E-state index >= 15 is 0 Å². The number of nitrogens with one attached hydrogen (secondary N) is 1. The molecule has 0 aromatic carbocycles. The predicted octanol–water partition coefficient (Wildman–Crippen LogP) is 2.89. The van der Waals surface area contributed by atoms with E-state index in [1.54, 1.807) is 6.07 Å². The standard InChI is InChI=1S/C12H16BrNO4S/c1-3-4-5-7(12(16)17)14-11(15)9-6-8(18-2)10(13)19-9/h6-7H,3-5H2,1-2H3,(H,14,15)(H,16,17). The summed E-state index contributed by atoms with van der Waals surface area (Å²) in [7, 11) is 1.51. The Labute approximate surface area is 124 Å². The zero-order valence-corrected chi connectivity index (χ0v) is 13.1. The fourth-order valence-electron chi connectivity index (χ4n) is 1.50. The second-order valence-electron chi connectivity index (χ2n) is 3.96. The molecule has 0 bridgehead atoms. The lowest BCUT2D eigenvalue weighted by Gasteiger charge is -2.13. The number of hydrogen-bond donors (Lipinski definition) is 2. The number of carboxylic acid groups (broad SMARTS) is 1. The van der Waals surface area contributed by atoms with Crippen LogP contribution >= 0.6 is 27.3 Å². The first-order chi connectivity index (χ1) is 8.99. The van der Waals surface area contributed by atoms with Crippen molar-refractivity contribution in [2.24, 2.45) is 0 Å². The highest BCUT2D eigenvalue weighted by Crippen LogP contribution is 2.34. The molecule has 1 atom stereocenters. The van der Waals surface area contributed by atoms with E-state index in [0.717, 1.165) is 12.8 Å². The maximum absolute atomic E-state index is 12.0. The molecular formula is C12H16BrNO4S. The van der Waals surface area contributed by atoms with Gasteiger partial charge in [-0.2, -0.15) is 0 Å². The van der Waals surface area contributed by atoms with Crippen LogP contribution in [-0.4, -0.2) is 30.1 Å². The third kappa shape index (κ3) is 4.50. The van der Waals surface area contributed by atoms with E-state index < -0.39 is 17.9 Å². The number of carbonyl (C=O) groups is 2. The Morgan fingerprint density at radius 1 is 1.58 bits per heavy atom. The van der Waals surface area contributed by atoms with Crippen LogP contribution < -0.4 is 10.1 Å². The summed E-state index contributed by atoms with van der Waals surface area (Å²) in [6, 6.07) is 0.738. The normalized spacial score (nSPS) is 11.9. The number of unbranched alkanes of at least 4 members (excludes halogenated alkanes) is 1. The van der Waals surface area contributed by atoms with Crippen molar-refractivity contribution in [2.75, 3.05) is 7.11 Å². The number of hydrogen-bond acceptors (Lipinski definition) is 4. The Morgan fingerprint density at radius 3 is 2.74 bits per heavy atom. The van der Waals surface area contributed by atoms with Gasteiger partial charge in [0.1, 0.15) is 15.6 Å². The molecule has 1 amide bonds. The van der Waals surface area contributed by atoms with Gasteiger partial charge in [-0.25, -0.2) is 4.79 Å². The summed E-state index contributed by atoms with van der Waals surface area (Å²) >= 11 is 4.49. The minimum atomic E-state index is -1.01. The lowest BCUT2D eigenvalue weighted by atomic mass is 10.1. The smallest absolute Gasteiger partial charge is 0.326 e. The zero-order chi connectivity index (χ0) is 14.4. The number of carboxylic acids is 1. The number of amides is 1. The van der Waals surface area contributed by atoms with Crippen molar-refractivity contribution >= 4 is 39.1 Å². The van der Waals surface area contributed by atoms with Crippen molar-refractivity contribution in [1.29, 1.82) is 0 Å². The minimum absolute atomic E-state index is 0.391. The summed E-state index contributed by atoms with van der Waals surface area (Å²) in [5.41, 5.74) is 0. The van der Waals surface area contributed by atoms with Gasteiger partial charge in [0.2, 0.25) is 0 Å². The van der Waals surface area contributed by atoms with Crippen molar-refractivity contribution in [3.05, 3.63) is 14.7 Å². The van der Waals surface area contributed by atoms with E-state index in [0.29, 0.717) is 20.8 Å². The van der Waals surface area contributed by atoms with Gasteiger partial charge in [-0.05, 0) is 22.4 Å². The Morgan fingerprint density at radius 2 is 2.26 bits per heavy atom. The molecule has 7 heteroatoms. The number of thiophene rings is 1. The van der Waals surface area contributed by atoms with Gasteiger partial charge in [-0.15, -0.1) is 11.3 Å². The van der Waals surface area contributed by atoms with E-state index in [4.69, 9.17) is 9.84 Å². The fourth-order valence-corrected chi connectivity index (χ4v) is 3.05. The van der Waals surface area contributed by atoms with Crippen molar-refractivity contribution < 1.29 is 19.4 Å². The maximum atomic E-state index is 12.0. The van der Waals surface area contributed by atoms with Crippen LogP contribution in [0.3, 0.4) is 0 Å². The average molecular weight is 350 g/mol. The number of ether oxygens (including phenoxy) is 1. The maximum Gasteiger partial charge on any atom is 0.326 e. The average Bonchev–Trinajstić information content (AvgIpc) is 2.75. The molecule has 5 nitrogen and oxygen atoms in total. The van der Waals surface area contributed by atoms with Gasteiger partial charge in [-0.3, -0.25) is 4.79 Å². The van der Waals surface area contributed by atoms with E-state index in [1.165, 1.54) is 18.4 Å². The number of methoxy groups -OCH3 is 1. The molecule has 106 valence electrons. The molecule has 1 rings (SSSR count). The molecule has 1 aromatic heterocycles. The molecule has 1 aromatic rings. The number of carbonyl (C=O) groups excluding carboxylic acids is 1. The quantitative estimate of drug-likeness (QED) is 0.793. The lowest BCUT2D eigenvalue weighted by molar-refractivity contribution is -0.139. The molecular weight excluding hydrogens is 334 g/mol. The molecule has 19 heavy (non-hydrogen) atoms. The lowest BCUT2D eigenvalue weighted by Crippen LogP contribution is -2.40. The molecule has 1 heterocycles. The third-order valence-corrected chi connectivity index (χ3v) is 4.33. The molecule has 2 N–H and O–H groups in total. The highest BCUT2D eigenvalue weighted by atomic mass is 79.9. The van der Waals surface area contributed by atoms with Gasteiger partial charge in [0, 0.05) is 6.07 Å². The highest BCUT2D eigenvalue weighted by molar-refractivity contribution is 9.11. The Kier molecular flexibility index (Phi) is 6.30. The topological polar surface area (TPSA) is 75.6 Å². The van der Waals surface area contributed by atoms with Gasteiger partial charge in [-0.1, -0.05) is 19.8 Å². The van der Waals surface area contributed by atoms with Crippen molar-refractivity contribution in [3.63, 3.8) is 0 Å². The summed E-state index contributed by atoms with van der Waals surface area (Å²) in [6.07, 6.45) is 2.08. The minimum Gasteiger partial charge on any atom is -0.495 e. The summed E-state index contributed by atoms with van der Waals surface area (Å²) in [4.78, 5) is 23.4. The molecule has 0 saturated carbocycles. The number of rotatable bonds is 7. The molecule has 0 radical (unpaired) electrons. The first kappa shape index (κ1) is 16.0. The van der Waals surface area contributed by atoms with Crippen LogP contribution in [0.5, 0.6) is 5.75 Å². The zero-order valence-electron chi connectivity index (χ0n) is 10.7. The molecule has 0 aliphatic carbocycles. The Hall–Kier alpha value is -1.08. The van der Waals surface area contributed by atoms with Gasteiger partial charge in [0.25, 0.3) is 5.91 Å².